The second-order valence-electron chi connectivity index (χ2n) is 4.32. The van der Waals surface area contributed by atoms with Gasteiger partial charge in [-0.1, -0.05) is 0 Å². The molecule has 0 fully saturated rings. The van der Waals surface area contributed by atoms with Gasteiger partial charge in [0.15, 0.2) is 6.61 Å². The van der Waals surface area contributed by atoms with E-state index in [0.717, 1.165) is 12.3 Å². The maximum absolute atomic E-state index is 12.1. The van der Waals surface area contributed by atoms with Crippen molar-refractivity contribution in [3.8, 4) is 5.88 Å². The molecule has 1 rings (SSSR count). The summed E-state index contributed by atoms with van der Waals surface area (Å²) in [6, 6.07) is 2.44. The van der Waals surface area contributed by atoms with Crippen LogP contribution < -0.4 is 4.74 Å². The molecule has 0 atom stereocenters. The Hall–Kier alpha value is -2.32. The third-order valence-corrected chi connectivity index (χ3v) is 2.63. The van der Waals surface area contributed by atoms with Crippen molar-refractivity contribution in [3.05, 3.63) is 23.9 Å². The average molecular weight is 320 g/mol. The lowest BCUT2D eigenvalue weighted by molar-refractivity contribution is -0.154. The normalized spacial score (nSPS) is 11.1. The van der Waals surface area contributed by atoms with E-state index in [1.807, 2.05) is 0 Å². The van der Waals surface area contributed by atoms with Gasteiger partial charge in [0.1, 0.15) is 0 Å². The van der Waals surface area contributed by atoms with E-state index in [2.05, 4.69) is 9.72 Å². The van der Waals surface area contributed by atoms with Crippen molar-refractivity contribution in [3.63, 3.8) is 0 Å². The van der Waals surface area contributed by atoms with Crippen molar-refractivity contribution in [2.45, 2.75) is 19.5 Å². The molecule has 1 N–H and O–H groups in total. The van der Waals surface area contributed by atoms with Gasteiger partial charge in [-0.2, -0.15) is 13.2 Å². The standard InChI is InChI=1S/C13H15F3N2O4/c1-2-18(6-5-11(19)20)12(21)9-3-4-10(17-7-9)22-8-13(14,15)16/h3-4,7H,2,5-6,8H2,1H3,(H,19,20). The molecule has 6 nitrogen and oxygen atoms in total. The number of carbonyl (C=O) groups excluding carboxylic acids is 1. The number of halogens is 3. The van der Waals surface area contributed by atoms with Crippen LogP contribution in [0.5, 0.6) is 5.88 Å². The van der Waals surface area contributed by atoms with Crippen LogP contribution in [0.1, 0.15) is 23.7 Å². The molecule has 0 saturated heterocycles. The van der Waals surface area contributed by atoms with Gasteiger partial charge in [-0.25, -0.2) is 4.98 Å². The minimum Gasteiger partial charge on any atom is -0.481 e. The molecule has 0 bridgehead atoms. The quantitative estimate of drug-likeness (QED) is 0.831. The van der Waals surface area contributed by atoms with Crippen molar-refractivity contribution >= 4 is 11.9 Å². The Labute approximate surface area is 124 Å². The summed E-state index contributed by atoms with van der Waals surface area (Å²) in [7, 11) is 0. The Morgan fingerprint density at radius 1 is 1.36 bits per heavy atom. The van der Waals surface area contributed by atoms with Gasteiger partial charge in [-0.15, -0.1) is 0 Å². The summed E-state index contributed by atoms with van der Waals surface area (Å²) in [6.45, 7) is 0.566. The molecule has 0 spiro atoms. The summed E-state index contributed by atoms with van der Waals surface area (Å²) in [5.41, 5.74) is 0.145. The highest BCUT2D eigenvalue weighted by Crippen LogP contribution is 2.17. The van der Waals surface area contributed by atoms with E-state index in [1.165, 1.54) is 11.0 Å². The fourth-order valence-electron chi connectivity index (χ4n) is 1.56. The number of amides is 1. The zero-order valence-electron chi connectivity index (χ0n) is 11.8. The molecule has 0 unspecified atom stereocenters. The van der Waals surface area contributed by atoms with Gasteiger partial charge in [-0.05, 0) is 13.0 Å². The average Bonchev–Trinajstić information content (AvgIpc) is 2.45. The summed E-state index contributed by atoms with van der Waals surface area (Å²) in [5.74, 6) is -1.72. The first-order chi connectivity index (χ1) is 10.2. The van der Waals surface area contributed by atoms with Crippen LogP contribution in [0.25, 0.3) is 0 Å². The number of pyridine rings is 1. The largest absolute Gasteiger partial charge is 0.481 e. The molecular weight excluding hydrogens is 305 g/mol. The number of ether oxygens (including phenoxy) is 1. The zero-order valence-corrected chi connectivity index (χ0v) is 11.8. The topological polar surface area (TPSA) is 79.7 Å². The van der Waals surface area contributed by atoms with E-state index in [9.17, 15) is 22.8 Å². The second-order valence-corrected chi connectivity index (χ2v) is 4.32. The lowest BCUT2D eigenvalue weighted by Crippen LogP contribution is -2.32. The van der Waals surface area contributed by atoms with Gasteiger partial charge in [0.05, 0.1) is 12.0 Å². The van der Waals surface area contributed by atoms with E-state index in [-0.39, 0.29) is 24.4 Å². The number of alkyl halides is 3. The smallest absolute Gasteiger partial charge is 0.422 e. The number of hydrogen-bond acceptors (Lipinski definition) is 4. The lowest BCUT2D eigenvalue weighted by atomic mass is 10.2. The molecule has 1 aromatic heterocycles. The molecule has 0 aliphatic rings. The maximum atomic E-state index is 12.1. The fourth-order valence-corrected chi connectivity index (χ4v) is 1.56. The Bertz CT molecular complexity index is 517. The van der Waals surface area contributed by atoms with E-state index in [0.29, 0.717) is 6.54 Å². The minimum atomic E-state index is -4.47. The van der Waals surface area contributed by atoms with Gasteiger partial charge >= 0.3 is 12.1 Å². The number of rotatable bonds is 7. The highest BCUT2D eigenvalue weighted by molar-refractivity contribution is 5.94. The number of nitrogens with zero attached hydrogens (tertiary/aromatic N) is 2. The van der Waals surface area contributed by atoms with Gasteiger partial charge in [0.25, 0.3) is 5.91 Å². The van der Waals surface area contributed by atoms with E-state index < -0.39 is 24.7 Å². The van der Waals surface area contributed by atoms with Crippen LogP contribution in [0.15, 0.2) is 18.3 Å². The highest BCUT2D eigenvalue weighted by atomic mass is 19.4. The zero-order chi connectivity index (χ0) is 16.8. The predicted molar refractivity (Wildman–Crippen MR) is 69.6 cm³/mol. The molecule has 122 valence electrons. The SMILES string of the molecule is CCN(CCC(=O)O)C(=O)c1ccc(OCC(F)(F)F)nc1. The minimum absolute atomic E-state index is 0.0387. The predicted octanol–water partition coefficient (Wildman–Crippen LogP) is 1.96. The molecule has 0 aliphatic carbocycles. The highest BCUT2D eigenvalue weighted by Gasteiger charge is 2.28. The van der Waals surface area contributed by atoms with Crippen LogP contribution in [0.4, 0.5) is 13.2 Å². The molecule has 9 heteroatoms. The second kappa shape index (κ2) is 7.62. The van der Waals surface area contributed by atoms with Gasteiger partial charge in [0.2, 0.25) is 5.88 Å². The van der Waals surface area contributed by atoms with E-state index >= 15 is 0 Å². The van der Waals surface area contributed by atoms with Crippen molar-refractivity contribution in [1.82, 2.24) is 9.88 Å². The van der Waals surface area contributed by atoms with Crippen LogP contribution in [-0.4, -0.2) is 52.7 Å². The summed E-state index contributed by atoms with van der Waals surface area (Å²) in [4.78, 5) is 27.5. The van der Waals surface area contributed by atoms with Crippen molar-refractivity contribution in [1.29, 1.82) is 0 Å². The number of aromatic nitrogens is 1. The van der Waals surface area contributed by atoms with Crippen LogP contribution >= 0.6 is 0 Å². The van der Waals surface area contributed by atoms with Crippen LogP contribution in [0.3, 0.4) is 0 Å². The third kappa shape index (κ3) is 5.98. The monoisotopic (exact) mass is 320 g/mol. The van der Waals surface area contributed by atoms with Gasteiger partial charge < -0.3 is 14.7 Å². The van der Waals surface area contributed by atoms with Crippen LogP contribution in [-0.2, 0) is 4.79 Å². The third-order valence-electron chi connectivity index (χ3n) is 2.63. The van der Waals surface area contributed by atoms with Crippen LogP contribution in [0.2, 0.25) is 0 Å². The van der Waals surface area contributed by atoms with Crippen molar-refractivity contribution in [2.75, 3.05) is 19.7 Å². The Morgan fingerprint density at radius 2 is 2.05 bits per heavy atom. The number of carbonyl (C=O) groups is 2. The van der Waals surface area contributed by atoms with Gasteiger partial charge in [-0.3, -0.25) is 9.59 Å². The van der Waals surface area contributed by atoms with Gasteiger partial charge in [0, 0.05) is 25.4 Å². The number of aliphatic carboxylic acids is 1. The number of hydrogen-bond donors (Lipinski definition) is 1. The molecule has 0 aromatic carbocycles. The summed E-state index contributed by atoms with van der Waals surface area (Å²) in [6.07, 6.45) is -3.57. The summed E-state index contributed by atoms with van der Waals surface area (Å²) in [5, 5.41) is 8.61. The molecule has 0 radical (unpaired) electrons. The number of carboxylic acids is 1. The van der Waals surface area contributed by atoms with Crippen LogP contribution in [0, 0.1) is 0 Å². The number of carboxylic acid groups (broad SMARTS) is 1. The summed E-state index contributed by atoms with van der Waals surface area (Å²) >= 11 is 0. The lowest BCUT2D eigenvalue weighted by Gasteiger charge is -2.19. The first-order valence-corrected chi connectivity index (χ1v) is 6.39. The molecule has 22 heavy (non-hydrogen) atoms. The molecule has 1 amide bonds. The van der Waals surface area contributed by atoms with E-state index in [4.69, 9.17) is 5.11 Å². The van der Waals surface area contributed by atoms with E-state index in [1.54, 1.807) is 6.92 Å². The maximum Gasteiger partial charge on any atom is 0.422 e. The molecule has 0 saturated carbocycles. The fraction of sp³-hybridized carbons (Fsp3) is 0.462. The summed E-state index contributed by atoms with van der Waals surface area (Å²) < 4.78 is 40.4. The Morgan fingerprint density at radius 3 is 2.50 bits per heavy atom. The Kier molecular flexibility index (Phi) is 6.14. The Balaban J connectivity index is 2.67. The molecular formula is C13H15F3N2O4. The molecule has 1 aromatic rings. The van der Waals surface area contributed by atoms with Crippen molar-refractivity contribution in [2.24, 2.45) is 0 Å². The molecule has 0 aliphatic heterocycles. The first kappa shape index (κ1) is 17.7. The molecule has 1 heterocycles. The first-order valence-electron chi connectivity index (χ1n) is 6.39. The van der Waals surface area contributed by atoms with Crippen molar-refractivity contribution < 1.29 is 32.6 Å².